The number of para-hydroxylation sites is 2. The second kappa shape index (κ2) is 7.28. The smallest absolute Gasteiger partial charge is 0.163 e. The van der Waals surface area contributed by atoms with Crippen LogP contribution in [0.15, 0.2) is 82.6 Å². The van der Waals surface area contributed by atoms with Crippen LogP contribution in [0.2, 0.25) is 0 Å². The maximum atomic E-state index is 13.1. The van der Waals surface area contributed by atoms with Crippen LogP contribution in [0.4, 0.5) is 11.4 Å². The first-order valence-electron chi connectivity index (χ1n) is 10.2. The molecule has 1 aromatic heterocycles. The Labute approximate surface area is 170 Å². The zero-order valence-electron chi connectivity index (χ0n) is 16.5. The van der Waals surface area contributed by atoms with Gasteiger partial charge in [-0.05, 0) is 49.6 Å². The molecule has 2 aromatic carbocycles. The lowest BCUT2D eigenvalue weighted by Gasteiger charge is -2.34. The van der Waals surface area contributed by atoms with Gasteiger partial charge in [0.15, 0.2) is 5.78 Å². The third kappa shape index (κ3) is 3.25. The van der Waals surface area contributed by atoms with E-state index in [9.17, 15) is 4.79 Å². The van der Waals surface area contributed by atoms with E-state index in [0.29, 0.717) is 13.0 Å². The molecule has 1 aliphatic heterocycles. The zero-order chi connectivity index (χ0) is 19.8. The number of nitrogens with zero attached hydrogens (tertiary/aromatic N) is 1. The number of nitrogens with one attached hydrogen (secondary N) is 1. The van der Waals surface area contributed by atoms with Gasteiger partial charge < -0.3 is 14.6 Å². The average Bonchev–Trinajstić information content (AvgIpc) is 3.20. The summed E-state index contributed by atoms with van der Waals surface area (Å²) >= 11 is 0. The van der Waals surface area contributed by atoms with Crippen molar-refractivity contribution in [1.82, 2.24) is 0 Å². The molecule has 4 heteroatoms. The Balaban J connectivity index is 1.71. The summed E-state index contributed by atoms with van der Waals surface area (Å²) < 4.78 is 5.88. The number of ketones is 1. The summed E-state index contributed by atoms with van der Waals surface area (Å²) in [6.45, 7) is 2.80. The van der Waals surface area contributed by atoms with Crippen molar-refractivity contribution in [2.45, 2.75) is 38.8 Å². The van der Waals surface area contributed by atoms with Crippen molar-refractivity contribution in [3.63, 3.8) is 0 Å². The molecule has 0 saturated carbocycles. The summed E-state index contributed by atoms with van der Waals surface area (Å²) in [5, 5.41) is 3.59. The summed E-state index contributed by atoms with van der Waals surface area (Å²) in [6.07, 6.45) is 4.05. The maximum absolute atomic E-state index is 13.1. The van der Waals surface area contributed by atoms with E-state index >= 15 is 0 Å². The molecule has 1 unspecified atom stereocenters. The van der Waals surface area contributed by atoms with Gasteiger partial charge >= 0.3 is 0 Å². The number of fused-ring (bicyclic) bond motifs is 1. The van der Waals surface area contributed by atoms with Gasteiger partial charge in [0.05, 0.1) is 17.6 Å². The van der Waals surface area contributed by atoms with E-state index in [1.807, 2.05) is 18.2 Å². The molecule has 0 radical (unpaired) electrons. The Morgan fingerprint density at radius 3 is 2.79 bits per heavy atom. The molecule has 1 atom stereocenters. The van der Waals surface area contributed by atoms with Gasteiger partial charge in [0, 0.05) is 24.2 Å². The van der Waals surface area contributed by atoms with Crippen LogP contribution < -0.4 is 10.2 Å². The average molecular weight is 384 g/mol. The third-order valence-corrected chi connectivity index (χ3v) is 5.79. The summed E-state index contributed by atoms with van der Waals surface area (Å²) in [6, 6.07) is 20.5. The largest absolute Gasteiger partial charge is 0.467 e. The molecule has 0 fully saturated rings. The topological polar surface area (TPSA) is 45.5 Å². The SMILES string of the molecule is Cc1cccc(CN2c3ccccc3NC3=C(C(=O)CCC3)C2c2ccco2)c1. The second-order valence-corrected chi connectivity index (χ2v) is 7.85. The molecule has 146 valence electrons. The Morgan fingerprint density at radius 2 is 1.97 bits per heavy atom. The van der Waals surface area contributed by atoms with Crippen molar-refractivity contribution in [2.75, 3.05) is 10.2 Å². The van der Waals surface area contributed by atoms with Crippen molar-refractivity contribution in [3.8, 4) is 0 Å². The molecule has 29 heavy (non-hydrogen) atoms. The molecule has 2 aliphatic rings. The normalized spacial score (nSPS) is 18.7. The summed E-state index contributed by atoms with van der Waals surface area (Å²) in [5.74, 6) is 1.01. The van der Waals surface area contributed by atoms with Gasteiger partial charge in [-0.2, -0.15) is 0 Å². The Kier molecular flexibility index (Phi) is 4.47. The molecular formula is C25H24N2O2. The predicted octanol–water partition coefficient (Wildman–Crippen LogP) is 5.77. The number of benzene rings is 2. The van der Waals surface area contributed by atoms with Gasteiger partial charge in [-0.25, -0.2) is 0 Å². The number of Topliss-reactive ketones (excluding diaryl/α,β-unsaturated/α-hetero) is 1. The zero-order valence-corrected chi connectivity index (χ0v) is 16.5. The van der Waals surface area contributed by atoms with Crippen LogP contribution in [0, 0.1) is 6.92 Å². The summed E-state index contributed by atoms with van der Waals surface area (Å²) in [5.41, 5.74) is 6.43. The van der Waals surface area contributed by atoms with E-state index in [2.05, 4.69) is 59.6 Å². The molecule has 2 heterocycles. The van der Waals surface area contributed by atoms with Crippen molar-refractivity contribution in [1.29, 1.82) is 0 Å². The lowest BCUT2D eigenvalue weighted by molar-refractivity contribution is -0.116. The molecule has 0 amide bonds. The number of anilines is 2. The van der Waals surface area contributed by atoms with Crippen LogP contribution in [0.5, 0.6) is 0 Å². The first-order valence-corrected chi connectivity index (χ1v) is 10.2. The minimum absolute atomic E-state index is 0.210. The molecule has 0 bridgehead atoms. The van der Waals surface area contributed by atoms with Crippen molar-refractivity contribution < 1.29 is 9.21 Å². The molecule has 5 rings (SSSR count). The van der Waals surface area contributed by atoms with Crippen LogP contribution in [-0.2, 0) is 11.3 Å². The number of furan rings is 1. The number of hydrogen-bond donors (Lipinski definition) is 1. The number of hydrogen-bond acceptors (Lipinski definition) is 4. The molecule has 1 N–H and O–H groups in total. The minimum atomic E-state index is -0.246. The number of rotatable bonds is 3. The fourth-order valence-electron chi connectivity index (χ4n) is 4.52. The standard InChI is InChI=1S/C25H24N2O2/c1-17-7-4-8-18(15-17)16-27-21-11-3-2-9-19(21)26-20-10-5-12-22(28)24(20)25(27)23-13-6-14-29-23/h2-4,6-9,11,13-15,25-26H,5,10,12,16H2,1H3. The van der Waals surface area contributed by atoms with Gasteiger partial charge in [-0.1, -0.05) is 42.0 Å². The van der Waals surface area contributed by atoms with Gasteiger partial charge in [0.1, 0.15) is 11.8 Å². The fraction of sp³-hybridized carbons (Fsp3) is 0.240. The van der Waals surface area contributed by atoms with Crippen molar-refractivity contribution >= 4 is 17.2 Å². The predicted molar refractivity (Wildman–Crippen MR) is 115 cm³/mol. The molecule has 3 aromatic rings. The number of allylic oxidation sites excluding steroid dienone is 1. The van der Waals surface area contributed by atoms with E-state index in [4.69, 9.17) is 4.42 Å². The van der Waals surface area contributed by atoms with Gasteiger partial charge in [0.2, 0.25) is 0 Å². The van der Waals surface area contributed by atoms with E-state index in [-0.39, 0.29) is 11.8 Å². The number of carbonyl (C=O) groups excluding carboxylic acids is 1. The van der Waals surface area contributed by atoms with Crippen molar-refractivity contribution in [2.24, 2.45) is 0 Å². The minimum Gasteiger partial charge on any atom is -0.467 e. The van der Waals surface area contributed by atoms with Gasteiger partial charge in [0.25, 0.3) is 0 Å². The van der Waals surface area contributed by atoms with Crippen LogP contribution in [0.25, 0.3) is 0 Å². The quantitative estimate of drug-likeness (QED) is 0.623. The highest BCUT2D eigenvalue weighted by Gasteiger charge is 2.38. The van der Waals surface area contributed by atoms with E-state index < -0.39 is 0 Å². The summed E-state index contributed by atoms with van der Waals surface area (Å²) in [7, 11) is 0. The number of aryl methyl sites for hydroxylation is 1. The lowest BCUT2D eigenvalue weighted by Crippen LogP contribution is -2.32. The van der Waals surface area contributed by atoms with Gasteiger partial charge in [-0.3, -0.25) is 4.79 Å². The Hall–Kier alpha value is -3.27. The van der Waals surface area contributed by atoms with E-state index in [0.717, 1.165) is 41.2 Å². The maximum Gasteiger partial charge on any atom is 0.163 e. The van der Waals surface area contributed by atoms with Crippen LogP contribution in [-0.4, -0.2) is 5.78 Å². The second-order valence-electron chi connectivity index (χ2n) is 7.85. The van der Waals surface area contributed by atoms with Crippen molar-refractivity contribution in [3.05, 3.63) is 95.1 Å². The van der Waals surface area contributed by atoms with Gasteiger partial charge in [-0.15, -0.1) is 0 Å². The molecule has 4 nitrogen and oxygen atoms in total. The van der Waals surface area contributed by atoms with Crippen LogP contribution >= 0.6 is 0 Å². The molecular weight excluding hydrogens is 360 g/mol. The fourth-order valence-corrected chi connectivity index (χ4v) is 4.52. The number of carbonyl (C=O) groups is 1. The van der Waals surface area contributed by atoms with E-state index in [1.54, 1.807) is 6.26 Å². The molecule has 0 saturated heterocycles. The Bertz CT molecular complexity index is 1080. The van der Waals surface area contributed by atoms with E-state index in [1.165, 1.54) is 11.1 Å². The first kappa shape index (κ1) is 17.8. The highest BCUT2D eigenvalue weighted by Crippen LogP contribution is 2.45. The molecule has 0 spiro atoms. The lowest BCUT2D eigenvalue weighted by atomic mass is 9.88. The first-order chi connectivity index (χ1) is 14.2. The summed E-state index contributed by atoms with van der Waals surface area (Å²) in [4.78, 5) is 15.4. The molecule has 1 aliphatic carbocycles. The van der Waals surface area contributed by atoms with Crippen LogP contribution in [0.3, 0.4) is 0 Å². The Morgan fingerprint density at radius 1 is 1.07 bits per heavy atom. The monoisotopic (exact) mass is 384 g/mol. The highest BCUT2D eigenvalue weighted by molar-refractivity contribution is 6.00. The van der Waals surface area contributed by atoms with Crippen LogP contribution in [0.1, 0.15) is 42.2 Å². The highest BCUT2D eigenvalue weighted by atomic mass is 16.3. The third-order valence-electron chi connectivity index (χ3n) is 5.79.